The summed E-state index contributed by atoms with van der Waals surface area (Å²) in [5, 5.41) is 0. The van der Waals surface area contributed by atoms with Gasteiger partial charge in [-0.2, -0.15) is 4.57 Å². The molecule has 0 spiro atoms. The van der Waals surface area contributed by atoms with Crippen molar-refractivity contribution in [2.75, 3.05) is 6.61 Å². The minimum Gasteiger partial charge on any atom is -0.493 e. The van der Waals surface area contributed by atoms with Gasteiger partial charge in [0, 0.05) is 11.1 Å². The lowest BCUT2D eigenvalue weighted by atomic mass is 10.0. The number of phosphoric acid groups is 1. The van der Waals surface area contributed by atoms with Gasteiger partial charge in [-0.3, -0.25) is 4.89 Å². The van der Waals surface area contributed by atoms with Crippen molar-refractivity contribution >= 4 is 19.2 Å². The maximum Gasteiger partial charge on any atom is 0.584 e. The Morgan fingerprint density at radius 2 is 1.40 bits per heavy atom. The van der Waals surface area contributed by atoms with E-state index in [0.717, 1.165) is 35.3 Å². The summed E-state index contributed by atoms with van der Waals surface area (Å²) in [4.78, 5) is 11.9. The molecule has 4 aromatic rings. The third-order valence-electron chi connectivity index (χ3n) is 7.72. The van der Waals surface area contributed by atoms with Crippen LogP contribution in [0.15, 0.2) is 84.5 Å². The molecule has 1 aromatic heterocycles. The summed E-state index contributed by atoms with van der Waals surface area (Å²) in [7, 11) is -4.46. The molecule has 0 aliphatic heterocycles. The van der Waals surface area contributed by atoms with Crippen molar-refractivity contribution in [3.63, 3.8) is 0 Å². The predicted molar refractivity (Wildman–Crippen MR) is 184 cm³/mol. The first-order valence-electron chi connectivity index (χ1n) is 16.5. The molecule has 242 valence electrons. The van der Waals surface area contributed by atoms with Crippen LogP contribution in [0.25, 0.3) is 11.1 Å². The SMILES string of the molecule is CCCCCCCCCCCCCCOc1ccc(OP(=O)(O)Oc2cccc(C[n+]3csc(C)c3)c2)cc1-c1ccccc1. The molecule has 0 aliphatic carbocycles. The number of benzene rings is 3. The normalized spacial score (nSPS) is 12.5. The highest BCUT2D eigenvalue weighted by Crippen LogP contribution is 2.46. The Labute approximate surface area is 273 Å². The quantitative estimate of drug-likeness (QED) is 0.0552. The van der Waals surface area contributed by atoms with Crippen molar-refractivity contribution < 1.29 is 27.8 Å². The number of ether oxygens (including phenoxy) is 1. The van der Waals surface area contributed by atoms with Crippen molar-refractivity contribution in [3.05, 3.63) is 94.9 Å². The zero-order valence-corrected chi connectivity index (χ0v) is 28.6. The van der Waals surface area contributed by atoms with E-state index in [4.69, 9.17) is 13.8 Å². The molecule has 0 amide bonds. The largest absolute Gasteiger partial charge is 0.584 e. The number of hydrogen-bond acceptors (Lipinski definition) is 5. The molecule has 0 saturated heterocycles. The summed E-state index contributed by atoms with van der Waals surface area (Å²) < 4.78 is 32.3. The number of aromatic nitrogens is 1. The third kappa shape index (κ3) is 12.7. The van der Waals surface area contributed by atoms with Crippen LogP contribution in [0.3, 0.4) is 0 Å². The topological polar surface area (TPSA) is 68.9 Å². The van der Waals surface area contributed by atoms with Crippen LogP contribution >= 0.6 is 19.2 Å². The van der Waals surface area contributed by atoms with Crippen molar-refractivity contribution in [2.24, 2.45) is 0 Å². The molecule has 0 aliphatic rings. The number of aryl methyl sites for hydroxylation is 1. The van der Waals surface area contributed by atoms with Crippen molar-refractivity contribution in [3.8, 4) is 28.4 Å². The smallest absolute Gasteiger partial charge is 0.493 e. The van der Waals surface area contributed by atoms with E-state index >= 15 is 0 Å². The molecule has 8 heteroatoms. The van der Waals surface area contributed by atoms with Gasteiger partial charge in [0.1, 0.15) is 17.2 Å². The Morgan fingerprint density at radius 1 is 0.756 bits per heavy atom. The van der Waals surface area contributed by atoms with Gasteiger partial charge in [0.05, 0.1) is 11.5 Å². The summed E-state index contributed by atoms with van der Waals surface area (Å²) in [5.41, 5.74) is 4.74. The molecule has 1 unspecified atom stereocenters. The summed E-state index contributed by atoms with van der Waals surface area (Å²) in [6.45, 7) is 5.58. The van der Waals surface area contributed by atoms with Crippen LogP contribution in [0, 0.1) is 6.92 Å². The summed E-state index contributed by atoms with van der Waals surface area (Å²) in [5.74, 6) is 1.23. The average molecular weight is 651 g/mol. The molecule has 0 saturated carbocycles. The Kier molecular flexibility index (Phi) is 14.5. The Balaban J connectivity index is 1.28. The van der Waals surface area contributed by atoms with Crippen LogP contribution < -0.4 is 18.4 Å². The second-order valence-corrected chi connectivity index (χ2v) is 14.1. The standard InChI is InChI=1S/C37H48NO5PS/c1-3-4-5-6-7-8-9-10-11-12-13-17-25-41-37-24-23-35(27-36(37)33-20-15-14-16-21-33)43-44(39,40)42-34-22-18-19-32(26-34)29-38-28-31(2)45-30-38/h14-16,18-24,26-28,30H,3-13,17,25,29H2,1-2H3/p+1. The van der Waals surface area contributed by atoms with Gasteiger partial charge in [-0.25, -0.2) is 4.57 Å². The van der Waals surface area contributed by atoms with E-state index < -0.39 is 7.82 Å². The Bertz CT molecular complexity index is 1470. The van der Waals surface area contributed by atoms with E-state index in [9.17, 15) is 9.46 Å². The second-order valence-electron chi connectivity index (χ2n) is 11.7. The number of unbranched alkanes of at least 4 members (excludes halogenated alkanes) is 11. The molecule has 0 radical (unpaired) electrons. The van der Waals surface area contributed by atoms with Crippen molar-refractivity contribution in [1.29, 1.82) is 0 Å². The lowest BCUT2D eigenvalue weighted by Gasteiger charge is -2.17. The molecule has 45 heavy (non-hydrogen) atoms. The first-order valence-corrected chi connectivity index (χ1v) is 18.9. The fraction of sp³-hybridized carbons (Fsp3) is 0.432. The lowest BCUT2D eigenvalue weighted by Crippen LogP contribution is -2.30. The molecule has 4 rings (SSSR count). The van der Waals surface area contributed by atoms with Crippen LogP contribution in [-0.4, -0.2) is 11.5 Å². The molecule has 1 atom stereocenters. The van der Waals surface area contributed by atoms with Crippen molar-refractivity contribution in [1.82, 2.24) is 0 Å². The van der Waals surface area contributed by atoms with Gasteiger partial charge in [0.15, 0.2) is 12.7 Å². The zero-order valence-electron chi connectivity index (χ0n) is 26.9. The van der Waals surface area contributed by atoms with E-state index in [1.54, 1.807) is 47.7 Å². The van der Waals surface area contributed by atoms with Crippen LogP contribution in [-0.2, 0) is 11.1 Å². The van der Waals surface area contributed by atoms with E-state index in [-0.39, 0.29) is 11.5 Å². The fourth-order valence-electron chi connectivity index (χ4n) is 5.38. The number of thiazole rings is 1. The number of rotatable bonds is 21. The number of phosphoric ester groups is 1. The van der Waals surface area contributed by atoms with Crippen LogP contribution in [0.1, 0.15) is 94.4 Å². The van der Waals surface area contributed by atoms with Gasteiger partial charge in [-0.05, 0) is 49.2 Å². The zero-order chi connectivity index (χ0) is 31.7. The summed E-state index contributed by atoms with van der Waals surface area (Å²) in [6.07, 6.45) is 17.6. The Morgan fingerprint density at radius 3 is 2.04 bits per heavy atom. The van der Waals surface area contributed by atoms with Crippen LogP contribution in [0.4, 0.5) is 0 Å². The van der Waals surface area contributed by atoms with Crippen molar-refractivity contribution in [2.45, 2.75) is 97.4 Å². The minimum atomic E-state index is -4.46. The number of hydrogen-bond donors (Lipinski definition) is 1. The number of nitrogens with zero attached hydrogens (tertiary/aromatic N) is 1. The van der Waals surface area contributed by atoms with Gasteiger partial charge in [-0.15, -0.1) is 0 Å². The fourth-order valence-corrected chi connectivity index (χ4v) is 6.82. The predicted octanol–water partition coefficient (Wildman–Crippen LogP) is 10.7. The van der Waals surface area contributed by atoms with Crippen LogP contribution in [0.2, 0.25) is 0 Å². The molecular formula is C37H49NO5PS+. The van der Waals surface area contributed by atoms with Gasteiger partial charge in [0.25, 0.3) is 0 Å². The summed E-state index contributed by atoms with van der Waals surface area (Å²) >= 11 is 1.67. The van der Waals surface area contributed by atoms with Gasteiger partial charge in [0.2, 0.25) is 5.51 Å². The molecule has 3 aromatic carbocycles. The lowest BCUT2D eigenvalue weighted by molar-refractivity contribution is -0.683. The van der Waals surface area contributed by atoms with E-state index in [0.29, 0.717) is 13.2 Å². The molecule has 6 nitrogen and oxygen atoms in total. The first-order chi connectivity index (χ1) is 21.9. The molecule has 0 bridgehead atoms. The molecular weight excluding hydrogens is 601 g/mol. The molecule has 1 N–H and O–H groups in total. The van der Waals surface area contributed by atoms with Gasteiger partial charge in [-0.1, -0.05) is 131 Å². The highest BCUT2D eigenvalue weighted by atomic mass is 32.1. The maximum absolute atomic E-state index is 13.0. The van der Waals surface area contributed by atoms with Gasteiger partial charge >= 0.3 is 7.82 Å². The van der Waals surface area contributed by atoms with E-state index in [2.05, 4.69) is 24.6 Å². The van der Waals surface area contributed by atoms with Gasteiger partial charge < -0.3 is 13.8 Å². The van der Waals surface area contributed by atoms with Crippen LogP contribution in [0.5, 0.6) is 17.2 Å². The van der Waals surface area contributed by atoms with E-state index in [1.807, 2.05) is 41.9 Å². The van der Waals surface area contributed by atoms with E-state index in [1.165, 1.54) is 69.1 Å². The minimum absolute atomic E-state index is 0.234. The third-order valence-corrected chi connectivity index (χ3v) is 9.45. The maximum atomic E-state index is 13.0. The highest BCUT2D eigenvalue weighted by molar-refractivity contribution is 7.48. The average Bonchev–Trinajstić information content (AvgIpc) is 3.44. The second kappa shape index (κ2) is 18.8. The highest BCUT2D eigenvalue weighted by Gasteiger charge is 2.26. The first kappa shape index (κ1) is 34.7. The molecule has 0 fully saturated rings. The molecule has 1 heterocycles. The summed E-state index contributed by atoms with van der Waals surface area (Å²) in [6, 6.07) is 22.2. The Hall–Kier alpha value is -3.12. The monoisotopic (exact) mass is 650 g/mol.